The molecular formula is C14H12F3NO5. The Hall–Kier alpha value is -2.29. The molecule has 2 rings (SSSR count). The summed E-state index contributed by atoms with van der Waals surface area (Å²) < 4.78 is 37.9. The summed E-state index contributed by atoms with van der Waals surface area (Å²) in [5.74, 6) is -3.07. The zero-order valence-electron chi connectivity index (χ0n) is 11.7. The molecule has 23 heavy (non-hydrogen) atoms. The minimum atomic E-state index is -4.80. The van der Waals surface area contributed by atoms with E-state index >= 15 is 0 Å². The van der Waals surface area contributed by atoms with Gasteiger partial charge in [0.15, 0.2) is 5.78 Å². The monoisotopic (exact) mass is 331 g/mol. The first-order valence-electron chi connectivity index (χ1n) is 6.73. The van der Waals surface area contributed by atoms with Crippen LogP contribution in [0, 0.1) is 16.0 Å². The number of Topliss-reactive ketones (excluding diaryl/α,β-unsaturated/α-hetero) is 2. The predicted molar refractivity (Wildman–Crippen MR) is 70.8 cm³/mol. The summed E-state index contributed by atoms with van der Waals surface area (Å²) in [6, 6.07) is 1.48. The molecule has 1 fully saturated rings. The molecule has 1 saturated carbocycles. The van der Waals surface area contributed by atoms with Crippen LogP contribution in [0.25, 0.3) is 0 Å². The van der Waals surface area contributed by atoms with Gasteiger partial charge in [-0.2, -0.15) is 13.2 Å². The van der Waals surface area contributed by atoms with Crippen LogP contribution in [0.4, 0.5) is 18.9 Å². The number of aliphatic hydroxyl groups excluding tert-OH is 1. The van der Waals surface area contributed by atoms with E-state index in [-0.39, 0.29) is 18.9 Å². The number of benzene rings is 1. The van der Waals surface area contributed by atoms with Crippen molar-refractivity contribution < 1.29 is 32.8 Å². The van der Waals surface area contributed by atoms with Crippen LogP contribution in [0.15, 0.2) is 18.2 Å². The number of alkyl halides is 3. The van der Waals surface area contributed by atoms with Gasteiger partial charge in [0.2, 0.25) is 0 Å². The maximum Gasteiger partial charge on any atom is 0.416 e. The third-order valence-electron chi connectivity index (χ3n) is 3.72. The Bertz CT molecular complexity index is 671. The van der Waals surface area contributed by atoms with Crippen molar-refractivity contribution in [1.82, 2.24) is 0 Å². The molecule has 0 aromatic heterocycles. The van der Waals surface area contributed by atoms with E-state index in [1.807, 2.05) is 0 Å². The van der Waals surface area contributed by atoms with E-state index in [2.05, 4.69) is 0 Å². The van der Waals surface area contributed by atoms with Crippen molar-refractivity contribution in [2.45, 2.75) is 31.5 Å². The zero-order chi connectivity index (χ0) is 17.4. The van der Waals surface area contributed by atoms with Crippen LogP contribution in [0.1, 0.15) is 35.2 Å². The van der Waals surface area contributed by atoms with E-state index in [0.29, 0.717) is 18.6 Å². The second kappa shape index (κ2) is 6.07. The fourth-order valence-corrected chi connectivity index (χ4v) is 2.58. The fraction of sp³-hybridized carbons (Fsp3) is 0.429. The number of rotatable bonds is 3. The molecule has 9 heteroatoms. The minimum absolute atomic E-state index is 0.0436. The number of nitro groups is 1. The number of carbonyl (C=O) groups excluding carboxylic acids is 2. The summed E-state index contributed by atoms with van der Waals surface area (Å²) in [6.07, 6.45) is -5.48. The van der Waals surface area contributed by atoms with Gasteiger partial charge in [-0.3, -0.25) is 19.7 Å². The first kappa shape index (κ1) is 17.1. The van der Waals surface area contributed by atoms with Crippen molar-refractivity contribution in [3.63, 3.8) is 0 Å². The summed E-state index contributed by atoms with van der Waals surface area (Å²) in [5, 5.41) is 20.8. The number of hydrogen-bond donors (Lipinski definition) is 1. The van der Waals surface area contributed by atoms with E-state index in [0.717, 1.165) is 0 Å². The highest BCUT2D eigenvalue weighted by Crippen LogP contribution is 2.35. The Kier molecular flexibility index (Phi) is 4.51. The largest absolute Gasteiger partial charge is 0.416 e. The average molecular weight is 331 g/mol. The lowest BCUT2D eigenvalue weighted by molar-refractivity contribution is -0.385. The van der Waals surface area contributed by atoms with Crippen molar-refractivity contribution in [2.75, 3.05) is 0 Å². The first-order chi connectivity index (χ1) is 10.6. The number of ketones is 2. The van der Waals surface area contributed by atoms with Crippen molar-refractivity contribution >= 4 is 17.3 Å². The Balaban J connectivity index is 2.48. The Morgan fingerprint density at radius 1 is 1.35 bits per heavy atom. The number of carbonyl (C=O) groups is 2. The molecule has 1 aliphatic rings. The number of nitro benzene ring substituents is 1. The third kappa shape index (κ3) is 3.39. The molecular weight excluding hydrogens is 319 g/mol. The van der Waals surface area contributed by atoms with Crippen LogP contribution in [0.3, 0.4) is 0 Å². The highest BCUT2D eigenvalue weighted by molar-refractivity contribution is 6.13. The van der Waals surface area contributed by atoms with Crippen LogP contribution in [-0.4, -0.2) is 27.7 Å². The lowest BCUT2D eigenvalue weighted by Crippen LogP contribution is -2.38. The second-order valence-electron chi connectivity index (χ2n) is 5.25. The van der Waals surface area contributed by atoms with E-state index < -0.39 is 51.5 Å². The van der Waals surface area contributed by atoms with Crippen LogP contribution < -0.4 is 0 Å². The first-order valence-corrected chi connectivity index (χ1v) is 6.73. The number of halogens is 3. The smallest absolute Gasteiger partial charge is 0.392 e. The van der Waals surface area contributed by atoms with Crippen LogP contribution in [-0.2, 0) is 11.0 Å². The molecule has 0 heterocycles. The molecule has 6 nitrogen and oxygen atoms in total. The van der Waals surface area contributed by atoms with E-state index in [9.17, 15) is 38.0 Å². The average Bonchev–Trinajstić information content (AvgIpc) is 2.45. The topological polar surface area (TPSA) is 97.5 Å². The van der Waals surface area contributed by atoms with E-state index in [1.165, 1.54) is 0 Å². The molecule has 124 valence electrons. The van der Waals surface area contributed by atoms with Gasteiger partial charge in [-0.05, 0) is 25.0 Å². The molecule has 0 spiro atoms. The summed E-state index contributed by atoms with van der Waals surface area (Å²) >= 11 is 0. The van der Waals surface area contributed by atoms with Gasteiger partial charge in [0.25, 0.3) is 5.69 Å². The number of aliphatic hydroxyl groups is 1. The molecule has 0 aliphatic heterocycles. The normalized spacial score (nSPS) is 22.0. The van der Waals surface area contributed by atoms with Crippen LogP contribution in [0.2, 0.25) is 0 Å². The molecule has 0 amide bonds. The lowest BCUT2D eigenvalue weighted by Gasteiger charge is -2.25. The van der Waals surface area contributed by atoms with Gasteiger partial charge in [-0.25, -0.2) is 0 Å². The standard InChI is InChI=1S/C14H12F3NO5/c15-14(16,17)7-4-5-8(9(6-7)18(22)23)13(21)12-10(19)2-1-3-11(12)20/h4-6,10,12,19H,1-3H2/t10-,12+/m0/s1. The SMILES string of the molecule is O=C1CCC[C@H](O)[C@H]1C(=O)c1ccc(C(F)(F)F)cc1[N+](=O)[O-]. The van der Waals surface area contributed by atoms with Crippen molar-refractivity contribution in [1.29, 1.82) is 0 Å². The van der Waals surface area contributed by atoms with Gasteiger partial charge in [0.1, 0.15) is 11.7 Å². The highest BCUT2D eigenvalue weighted by Gasteiger charge is 2.40. The predicted octanol–water partition coefficient (Wildman–Crippen LogP) is 2.53. The molecule has 1 aliphatic carbocycles. The zero-order valence-corrected chi connectivity index (χ0v) is 11.7. The van der Waals surface area contributed by atoms with Gasteiger partial charge in [-0.1, -0.05) is 0 Å². The maximum atomic E-state index is 12.6. The second-order valence-corrected chi connectivity index (χ2v) is 5.25. The van der Waals surface area contributed by atoms with Crippen LogP contribution in [0.5, 0.6) is 0 Å². The molecule has 1 aromatic carbocycles. The molecule has 0 bridgehead atoms. The Morgan fingerprint density at radius 3 is 2.52 bits per heavy atom. The minimum Gasteiger partial charge on any atom is -0.392 e. The van der Waals surface area contributed by atoms with E-state index in [4.69, 9.17) is 0 Å². The summed E-state index contributed by atoms with van der Waals surface area (Å²) in [7, 11) is 0. The number of nitrogens with zero attached hydrogens (tertiary/aromatic N) is 1. The summed E-state index contributed by atoms with van der Waals surface area (Å²) in [5.41, 5.74) is -2.91. The Morgan fingerprint density at radius 2 is 2.00 bits per heavy atom. The van der Waals surface area contributed by atoms with Gasteiger partial charge >= 0.3 is 6.18 Å². The molecule has 1 aromatic rings. The van der Waals surface area contributed by atoms with Gasteiger partial charge in [-0.15, -0.1) is 0 Å². The fourth-order valence-electron chi connectivity index (χ4n) is 2.58. The van der Waals surface area contributed by atoms with Gasteiger partial charge in [0.05, 0.1) is 22.2 Å². The summed E-state index contributed by atoms with van der Waals surface area (Å²) in [4.78, 5) is 34.0. The molecule has 0 unspecified atom stereocenters. The van der Waals surface area contributed by atoms with Crippen LogP contribution >= 0.6 is 0 Å². The highest BCUT2D eigenvalue weighted by atomic mass is 19.4. The van der Waals surface area contributed by atoms with Crippen molar-refractivity contribution in [3.05, 3.63) is 39.4 Å². The molecule has 0 radical (unpaired) electrons. The third-order valence-corrected chi connectivity index (χ3v) is 3.72. The molecule has 2 atom stereocenters. The molecule has 1 N–H and O–H groups in total. The van der Waals surface area contributed by atoms with E-state index in [1.54, 1.807) is 0 Å². The summed E-state index contributed by atoms with van der Waals surface area (Å²) in [6.45, 7) is 0. The quantitative estimate of drug-likeness (QED) is 0.397. The molecule has 0 saturated heterocycles. The Labute approximate surface area is 128 Å². The van der Waals surface area contributed by atoms with Crippen molar-refractivity contribution in [2.24, 2.45) is 5.92 Å². The maximum absolute atomic E-state index is 12.6. The van der Waals surface area contributed by atoms with Gasteiger partial charge in [0, 0.05) is 12.5 Å². The van der Waals surface area contributed by atoms with Crippen molar-refractivity contribution in [3.8, 4) is 0 Å². The lowest BCUT2D eigenvalue weighted by atomic mass is 9.80. The van der Waals surface area contributed by atoms with Gasteiger partial charge < -0.3 is 5.11 Å². The number of hydrogen-bond acceptors (Lipinski definition) is 5.